The minimum absolute atomic E-state index is 0.108. The molecule has 0 aliphatic carbocycles. The zero-order valence-electron chi connectivity index (χ0n) is 17.2. The third-order valence-electron chi connectivity index (χ3n) is 5.97. The molecule has 28 heavy (non-hydrogen) atoms. The van der Waals surface area contributed by atoms with Crippen LogP contribution in [0.25, 0.3) is 0 Å². The Morgan fingerprint density at radius 2 is 1.11 bits per heavy atom. The predicted molar refractivity (Wildman–Crippen MR) is 116 cm³/mol. The lowest BCUT2D eigenvalue weighted by Gasteiger charge is -2.31. The smallest absolute Gasteiger partial charge is 0.138 e. The summed E-state index contributed by atoms with van der Waals surface area (Å²) in [4.78, 5) is 0. The first-order chi connectivity index (χ1) is 13.0. The summed E-state index contributed by atoms with van der Waals surface area (Å²) >= 11 is 0. The summed E-state index contributed by atoms with van der Waals surface area (Å²) < 4.78 is 0. The van der Waals surface area contributed by atoms with E-state index in [0.717, 1.165) is 16.7 Å². The van der Waals surface area contributed by atoms with Gasteiger partial charge >= 0.3 is 0 Å². The number of hydrogen-bond acceptors (Lipinski definition) is 3. The Labute approximate surface area is 167 Å². The Bertz CT molecular complexity index is 940. The number of hydrogen-bond donors (Lipinski definition) is 3. The van der Waals surface area contributed by atoms with Crippen LogP contribution in [0.4, 0.5) is 5.69 Å². The number of phenolic OH excluding ortho intramolecular Hbond substituents is 2. The molecule has 0 radical (unpaired) electrons. The van der Waals surface area contributed by atoms with E-state index in [4.69, 9.17) is 5.73 Å². The van der Waals surface area contributed by atoms with Crippen molar-refractivity contribution >= 4 is 5.69 Å². The van der Waals surface area contributed by atoms with Crippen LogP contribution in [0.1, 0.15) is 55.5 Å². The van der Waals surface area contributed by atoms with Crippen molar-refractivity contribution in [1.82, 2.24) is 0 Å². The topological polar surface area (TPSA) is 66.5 Å². The van der Waals surface area contributed by atoms with E-state index < -0.39 is 0 Å². The molecule has 0 aliphatic rings. The van der Waals surface area contributed by atoms with Crippen molar-refractivity contribution in [3.63, 3.8) is 0 Å². The van der Waals surface area contributed by atoms with Crippen molar-refractivity contribution < 1.29 is 10.2 Å². The molecule has 0 saturated heterocycles. The monoisotopic (exact) mass is 375 g/mol. The van der Waals surface area contributed by atoms with Crippen LogP contribution in [0.3, 0.4) is 0 Å². The van der Waals surface area contributed by atoms with E-state index in [2.05, 4.69) is 52.0 Å². The highest BCUT2D eigenvalue weighted by Gasteiger charge is 2.28. The number of rotatable bonds is 4. The maximum atomic E-state index is 9.87. The molecule has 0 saturated carbocycles. The third kappa shape index (κ3) is 3.45. The van der Waals surface area contributed by atoms with Gasteiger partial charge in [0.1, 0.15) is 11.5 Å². The Hall–Kier alpha value is -2.94. The number of nitrogen functional groups attached to an aromatic ring is 1. The molecule has 3 aromatic rings. The van der Waals surface area contributed by atoms with E-state index in [1.165, 1.54) is 11.1 Å². The predicted octanol–water partition coefficient (Wildman–Crippen LogP) is 5.64. The van der Waals surface area contributed by atoms with Crippen LogP contribution >= 0.6 is 0 Å². The second kappa shape index (κ2) is 6.90. The minimum Gasteiger partial charge on any atom is -0.508 e. The summed E-state index contributed by atoms with van der Waals surface area (Å²) in [7, 11) is 0. The molecule has 3 aromatic carbocycles. The van der Waals surface area contributed by atoms with Crippen molar-refractivity contribution in [3.8, 4) is 11.5 Å². The number of anilines is 1. The highest BCUT2D eigenvalue weighted by Crippen LogP contribution is 2.38. The van der Waals surface area contributed by atoms with Gasteiger partial charge in [0.05, 0.1) is 5.69 Å². The van der Waals surface area contributed by atoms with E-state index >= 15 is 0 Å². The number of aromatic hydroxyl groups is 2. The molecule has 0 atom stereocenters. The first kappa shape index (κ1) is 19.8. The standard InChI is InChI=1S/C25H29NO2/c1-16-13-19(9-11-22(16)27)24(2,3)17-7-6-8-18(14-17)25(4,5)20-10-12-23(28)21(26)15-20/h6-15,27-28H,26H2,1-5H3. The average Bonchev–Trinajstić information content (AvgIpc) is 2.66. The van der Waals surface area contributed by atoms with Crippen LogP contribution in [-0.4, -0.2) is 10.2 Å². The summed E-state index contributed by atoms with van der Waals surface area (Å²) in [6.07, 6.45) is 0. The summed E-state index contributed by atoms with van der Waals surface area (Å²) in [6.45, 7) is 10.6. The van der Waals surface area contributed by atoms with Crippen molar-refractivity contribution in [1.29, 1.82) is 0 Å². The summed E-state index contributed by atoms with van der Waals surface area (Å²) in [5.74, 6) is 0.427. The highest BCUT2D eigenvalue weighted by atomic mass is 16.3. The van der Waals surface area contributed by atoms with Crippen molar-refractivity contribution in [3.05, 3.63) is 88.5 Å². The van der Waals surface area contributed by atoms with Gasteiger partial charge in [0, 0.05) is 10.8 Å². The Morgan fingerprint density at radius 3 is 1.61 bits per heavy atom. The molecule has 3 rings (SSSR count). The van der Waals surface area contributed by atoms with Gasteiger partial charge in [-0.2, -0.15) is 0 Å². The summed E-state index contributed by atoms with van der Waals surface area (Å²) in [5, 5.41) is 19.6. The van der Waals surface area contributed by atoms with Crippen LogP contribution in [-0.2, 0) is 10.8 Å². The number of benzene rings is 3. The van der Waals surface area contributed by atoms with Gasteiger partial charge in [-0.05, 0) is 52.9 Å². The summed E-state index contributed by atoms with van der Waals surface area (Å²) in [6, 6.07) is 19.8. The fourth-order valence-electron chi connectivity index (χ4n) is 3.62. The SMILES string of the molecule is Cc1cc(C(C)(C)c2cccc(C(C)(C)c3ccc(O)c(N)c3)c2)ccc1O. The van der Waals surface area contributed by atoms with Crippen molar-refractivity contribution in [2.75, 3.05) is 5.73 Å². The normalized spacial score (nSPS) is 12.2. The molecule has 0 heterocycles. The van der Waals surface area contributed by atoms with E-state index in [1.54, 1.807) is 12.1 Å². The van der Waals surface area contributed by atoms with E-state index in [-0.39, 0.29) is 16.6 Å². The van der Waals surface area contributed by atoms with Gasteiger partial charge in [0.2, 0.25) is 0 Å². The second-order valence-corrected chi connectivity index (χ2v) is 8.61. The van der Waals surface area contributed by atoms with Gasteiger partial charge in [-0.15, -0.1) is 0 Å². The van der Waals surface area contributed by atoms with Crippen LogP contribution in [0, 0.1) is 6.92 Å². The Balaban J connectivity index is 2.05. The molecular formula is C25H29NO2. The molecule has 0 aromatic heterocycles. The third-order valence-corrected chi connectivity index (χ3v) is 5.97. The molecule has 0 bridgehead atoms. The molecule has 0 unspecified atom stereocenters. The highest BCUT2D eigenvalue weighted by molar-refractivity contribution is 5.56. The van der Waals surface area contributed by atoms with Crippen molar-refractivity contribution in [2.24, 2.45) is 0 Å². The second-order valence-electron chi connectivity index (χ2n) is 8.61. The first-order valence-electron chi connectivity index (χ1n) is 9.53. The minimum atomic E-state index is -0.265. The fourth-order valence-corrected chi connectivity index (χ4v) is 3.62. The number of phenols is 2. The van der Waals surface area contributed by atoms with Crippen molar-refractivity contribution in [2.45, 2.75) is 45.4 Å². The molecule has 3 nitrogen and oxygen atoms in total. The van der Waals surface area contributed by atoms with Gasteiger partial charge in [0.25, 0.3) is 0 Å². The maximum Gasteiger partial charge on any atom is 0.138 e. The average molecular weight is 376 g/mol. The van der Waals surface area contributed by atoms with E-state index in [1.807, 2.05) is 31.2 Å². The molecule has 3 heteroatoms. The zero-order valence-corrected chi connectivity index (χ0v) is 17.2. The largest absolute Gasteiger partial charge is 0.508 e. The van der Waals surface area contributed by atoms with E-state index in [9.17, 15) is 10.2 Å². The van der Waals surface area contributed by atoms with Gasteiger partial charge < -0.3 is 15.9 Å². The molecule has 0 aliphatic heterocycles. The maximum absolute atomic E-state index is 9.87. The molecule has 0 spiro atoms. The summed E-state index contributed by atoms with van der Waals surface area (Å²) in [5.41, 5.74) is 11.3. The lowest BCUT2D eigenvalue weighted by molar-refractivity contribution is 0.470. The number of aryl methyl sites for hydroxylation is 1. The quantitative estimate of drug-likeness (QED) is 0.408. The lowest BCUT2D eigenvalue weighted by atomic mass is 9.73. The van der Waals surface area contributed by atoms with Crippen LogP contribution < -0.4 is 5.73 Å². The molecule has 0 fully saturated rings. The van der Waals surface area contributed by atoms with Crippen LogP contribution in [0.15, 0.2) is 60.7 Å². The Morgan fingerprint density at radius 1 is 0.643 bits per heavy atom. The molecule has 4 N–H and O–H groups in total. The molecular weight excluding hydrogens is 346 g/mol. The molecule has 0 amide bonds. The van der Waals surface area contributed by atoms with Gasteiger partial charge in [0.15, 0.2) is 0 Å². The van der Waals surface area contributed by atoms with Crippen LogP contribution in [0.5, 0.6) is 11.5 Å². The zero-order chi connectivity index (χ0) is 20.7. The first-order valence-corrected chi connectivity index (χ1v) is 9.53. The van der Waals surface area contributed by atoms with Gasteiger partial charge in [-0.25, -0.2) is 0 Å². The fraction of sp³-hybridized carbons (Fsp3) is 0.280. The Kier molecular flexibility index (Phi) is 4.88. The molecule has 146 valence electrons. The van der Waals surface area contributed by atoms with Gasteiger partial charge in [-0.3, -0.25) is 0 Å². The van der Waals surface area contributed by atoms with Crippen LogP contribution in [0.2, 0.25) is 0 Å². The lowest BCUT2D eigenvalue weighted by Crippen LogP contribution is -2.23. The number of nitrogens with two attached hydrogens (primary N) is 1. The van der Waals surface area contributed by atoms with Gasteiger partial charge in [-0.1, -0.05) is 70.2 Å². The van der Waals surface area contributed by atoms with E-state index in [0.29, 0.717) is 11.4 Å².